The van der Waals surface area contributed by atoms with E-state index in [0.29, 0.717) is 19.3 Å². The molecule has 1 fully saturated rings. The van der Waals surface area contributed by atoms with Crippen molar-refractivity contribution in [2.45, 2.75) is 379 Å². The molecule has 3 N–H and O–H groups in total. The highest BCUT2D eigenvalue weighted by Gasteiger charge is 2.50. The lowest BCUT2D eigenvalue weighted by molar-refractivity contribution is -0.301. The Morgan fingerprint density at radius 2 is 0.723 bits per heavy atom. The fraction of sp³-hybridized carbons (Fsp3) is 0.859. The summed E-state index contributed by atoms with van der Waals surface area (Å²) in [6.07, 6.45) is 59.5. The van der Waals surface area contributed by atoms with Gasteiger partial charge in [0.25, 0.3) is 0 Å². The molecule has 6 unspecified atom stereocenters. The van der Waals surface area contributed by atoms with E-state index < -0.39 is 67.3 Å². The van der Waals surface area contributed by atoms with E-state index >= 15 is 0 Å². The Balaban J connectivity index is 2.62. The lowest BCUT2D eigenvalue weighted by Crippen LogP contribution is -2.61. The number of aliphatic hydroxyl groups is 2. The second-order valence-electron chi connectivity index (χ2n) is 24.2. The summed E-state index contributed by atoms with van der Waals surface area (Å²) in [6.45, 7) is 6.03. The zero-order valence-electron chi connectivity index (χ0n) is 53.7. The summed E-state index contributed by atoms with van der Waals surface area (Å²) in [5, 5.41) is 31.7. The fourth-order valence-corrected chi connectivity index (χ4v) is 10.8. The molecule has 1 aliphatic rings. The van der Waals surface area contributed by atoms with Gasteiger partial charge in [-0.2, -0.15) is 0 Å². The highest BCUT2D eigenvalue weighted by Crippen LogP contribution is 2.27. The Morgan fingerprint density at radius 3 is 1.12 bits per heavy atom. The molecule has 0 spiro atoms. The number of unbranched alkanes of at least 4 members (excludes halogenated alkanes) is 41. The highest BCUT2D eigenvalue weighted by molar-refractivity contribution is 5.74. The van der Waals surface area contributed by atoms with Crippen LogP contribution in [0, 0.1) is 0 Å². The van der Waals surface area contributed by atoms with Gasteiger partial charge in [-0.3, -0.25) is 14.4 Å². The third-order valence-corrected chi connectivity index (χ3v) is 16.2. The lowest BCUT2D eigenvalue weighted by Gasteiger charge is -2.40. The first-order chi connectivity index (χ1) is 40.6. The second-order valence-corrected chi connectivity index (χ2v) is 24.2. The van der Waals surface area contributed by atoms with Crippen LogP contribution in [0.5, 0.6) is 0 Å². The number of allylic oxidation sites excluding steroid dienone is 6. The van der Waals surface area contributed by atoms with Crippen molar-refractivity contribution >= 4 is 23.9 Å². The Kier molecular flexibility index (Phi) is 55.7. The van der Waals surface area contributed by atoms with E-state index in [9.17, 15) is 34.5 Å². The van der Waals surface area contributed by atoms with E-state index in [1.54, 1.807) is 0 Å². The molecule has 12 nitrogen and oxygen atoms in total. The van der Waals surface area contributed by atoms with Crippen LogP contribution >= 0.6 is 0 Å². The third kappa shape index (κ3) is 48.7. The van der Waals surface area contributed by atoms with Crippen molar-refractivity contribution in [2.24, 2.45) is 0 Å². The number of hydrogen-bond donors (Lipinski definition) is 3. The number of esters is 3. The van der Waals surface area contributed by atoms with Crippen molar-refractivity contribution in [1.29, 1.82) is 0 Å². The van der Waals surface area contributed by atoms with E-state index in [2.05, 4.69) is 57.2 Å². The molecule has 12 heteroatoms. The molecule has 0 saturated carbocycles. The van der Waals surface area contributed by atoms with Crippen LogP contribution in [-0.4, -0.2) is 89.2 Å². The summed E-state index contributed by atoms with van der Waals surface area (Å²) < 4.78 is 28.6. The van der Waals surface area contributed by atoms with Crippen molar-refractivity contribution in [2.75, 3.05) is 13.2 Å². The van der Waals surface area contributed by atoms with Gasteiger partial charge in [0.1, 0.15) is 18.8 Å². The molecule has 1 aliphatic heterocycles. The van der Waals surface area contributed by atoms with Crippen molar-refractivity contribution in [3.05, 3.63) is 36.5 Å². The minimum atomic E-state index is -1.90. The molecule has 6 atom stereocenters. The zero-order chi connectivity index (χ0) is 60.3. The molecule has 1 rings (SSSR count). The summed E-state index contributed by atoms with van der Waals surface area (Å²) in [7, 11) is 0. The van der Waals surface area contributed by atoms with Gasteiger partial charge < -0.3 is 39.0 Å². The lowest BCUT2D eigenvalue weighted by atomic mass is 9.98. The van der Waals surface area contributed by atoms with E-state index in [1.165, 1.54) is 199 Å². The molecule has 0 aromatic rings. The average Bonchev–Trinajstić information content (AvgIpc) is 3.59. The standard InChI is InChI=1S/C71H128O12/c1-4-7-10-13-16-19-22-25-28-31-32-35-36-39-42-45-48-51-54-57-63(72)79-60-62(81-64(73)58-55-52-49-46-43-40-37-33-29-26-23-20-17-14-11-8-5-2)61-80-71-69(67(76)66(75)68(83-71)70(77)78)82-65(74)59-56-53-50-47-44-41-38-34-30-27-24-21-18-15-12-9-6-3/h16,19,25,27-28,30,62,66-69,71,75-76H,4-15,17-18,20-24,26,29,31-61H2,1-3H3,(H,77,78)/b19-16-,28-25-,30-27-. The number of aliphatic carboxylic acids is 1. The number of carboxylic acid groups (broad SMARTS) is 1. The fourth-order valence-electron chi connectivity index (χ4n) is 10.8. The second kappa shape index (κ2) is 59.3. The van der Waals surface area contributed by atoms with Crippen LogP contribution in [0.2, 0.25) is 0 Å². The van der Waals surface area contributed by atoms with E-state index in [0.717, 1.165) is 83.5 Å². The Hall–Kier alpha value is -3.06. The molecule has 1 saturated heterocycles. The molecule has 0 aliphatic carbocycles. The molecule has 0 aromatic carbocycles. The first-order valence-electron chi connectivity index (χ1n) is 35.0. The number of rotatable bonds is 61. The summed E-state index contributed by atoms with van der Waals surface area (Å²) >= 11 is 0. The van der Waals surface area contributed by atoms with Gasteiger partial charge in [0.2, 0.25) is 0 Å². The largest absolute Gasteiger partial charge is 0.479 e. The zero-order valence-corrected chi connectivity index (χ0v) is 53.7. The molecular formula is C71H128O12. The maximum absolute atomic E-state index is 13.2. The van der Waals surface area contributed by atoms with Gasteiger partial charge in [-0.05, 0) is 77.0 Å². The third-order valence-electron chi connectivity index (χ3n) is 16.2. The number of carbonyl (C=O) groups excluding carboxylic acids is 3. The topological polar surface area (TPSA) is 175 Å². The molecule has 0 bridgehead atoms. The highest BCUT2D eigenvalue weighted by atomic mass is 16.7. The van der Waals surface area contributed by atoms with E-state index in [4.69, 9.17) is 23.7 Å². The van der Waals surface area contributed by atoms with E-state index in [1.807, 2.05) is 0 Å². The Bertz CT molecular complexity index is 1580. The molecule has 0 amide bonds. The maximum Gasteiger partial charge on any atom is 0.335 e. The first-order valence-corrected chi connectivity index (χ1v) is 35.0. The summed E-state index contributed by atoms with van der Waals surface area (Å²) in [5.41, 5.74) is 0. The monoisotopic (exact) mass is 1170 g/mol. The minimum Gasteiger partial charge on any atom is -0.479 e. The molecular weight excluding hydrogens is 1040 g/mol. The quantitative estimate of drug-likeness (QED) is 0.0228. The van der Waals surface area contributed by atoms with Crippen molar-refractivity contribution in [3.63, 3.8) is 0 Å². The van der Waals surface area contributed by atoms with Crippen LogP contribution in [-0.2, 0) is 42.9 Å². The van der Waals surface area contributed by atoms with Crippen LogP contribution in [0.15, 0.2) is 36.5 Å². The molecule has 83 heavy (non-hydrogen) atoms. The smallest absolute Gasteiger partial charge is 0.335 e. The SMILES string of the molecule is CCCCC/C=C\C/C=C\CCCCCCCCCCCC(=O)OCC(COC1OC(C(=O)O)C(O)C(O)C1OC(=O)CCCCCCCCC/C=C\CCCCCCCC)OC(=O)CCCCCCCCCCCCCCCCCCC. The summed E-state index contributed by atoms with van der Waals surface area (Å²) in [5.74, 6) is -3.09. The molecule has 0 radical (unpaired) electrons. The van der Waals surface area contributed by atoms with Gasteiger partial charge in [-0.15, -0.1) is 0 Å². The Morgan fingerprint density at radius 1 is 0.398 bits per heavy atom. The maximum atomic E-state index is 13.2. The van der Waals surface area contributed by atoms with Crippen LogP contribution < -0.4 is 0 Å². The summed E-state index contributed by atoms with van der Waals surface area (Å²) in [6, 6.07) is 0. The van der Waals surface area contributed by atoms with Gasteiger partial charge in [-0.25, -0.2) is 4.79 Å². The average molecular weight is 1170 g/mol. The van der Waals surface area contributed by atoms with Crippen LogP contribution in [0.25, 0.3) is 0 Å². The van der Waals surface area contributed by atoms with Gasteiger partial charge in [0.05, 0.1) is 6.61 Å². The van der Waals surface area contributed by atoms with Crippen molar-refractivity contribution in [1.82, 2.24) is 0 Å². The minimum absolute atomic E-state index is 0.0592. The van der Waals surface area contributed by atoms with Crippen molar-refractivity contribution in [3.8, 4) is 0 Å². The van der Waals surface area contributed by atoms with Crippen LogP contribution in [0.3, 0.4) is 0 Å². The number of carbonyl (C=O) groups is 4. The van der Waals surface area contributed by atoms with Gasteiger partial charge in [-0.1, -0.05) is 282 Å². The van der Waals surface area contributed by atoms with Crippen LogP contribution in [0.1, 0.15) is 342 Å². The first kappa shape index (κ1) is 78.0. The van der Waals surface area contributed by atoms with Gasteiger partial charge in [0, 0.05) is 19.3 Å². The van der Waals surface area contributed by atoms with Gasteiger partial charge >= 0.3 is 23.9 Å². The molecule has 484 valence electrons. The molecule has 0 aromatic heterocycles. The Labute approximate surface area is 508 Å². The number of carboxylic acids is 1. The van der Waals surface area contributed by atoms with Gasteiger partial charge in [0.15, 0.2) is 24.6 Å². The predicted octanol–water partition coefficient (Wildman–Crippen LogP) is 19.1. The number of ether oxygens (including phenoxy) is 5. The number of hydrogen-bond acceptors (Lipinski definition) is 11. The van der Waals surface area contributed by atoms with Crippen molar-refractivity contribution < 1.29 is 58.2 Å². The van der Waals surface area contributed by atoms with E-state index in [-0.39, 0.29) is 25.9 Å². The predicted molar refractivity (Wildman–Crippen MR) is 340 cm³/mol. The normalized spacial score (nSPS) is 17.7. The molecule has 1 heterocycles. The number of aliphatic hydroxyl groups excluding tert-OH is 2. The summed E-state index contributed by atoms with van der Waals surface area (Å²) in [4.78, 5) is 51.5. The van der Waals surface area contributed by atoms with Crippen LogP contribution in [0.4, 0.5) is 0 Å².